The molecular weight excluding hydrogens is 238 g/mol. The summed E-state index contributed by atoms with van der Waals surface area (Å²) in [6.07, 6.45) is 1.03. The largest absolute Gasteiger partial charge is 0.351 e. The second-order valence-electron chi connectivity index (χ2n) is 5.60. The van der Waals surface area contributed by atoms with E-state index in [0.717, 1.165) is 26.1 Å². The highest BCUT2D eigenvalue weighted by Gasteiger charge is 2.36. The van der Waals surface area contributed by atoms with E-state index >= 15 is 0 Å². The molecule has 2 aliphatic heterocycles. The summed E-state index contributed by atoms with van der Waals surface area (Å²) in [6.45, 7) is 2.68. The monoisotopic (exact) mass is 259 g/mol. The average molecular weight is 259 g/mol. The highest BCUT2D eigenvalue weighted by Crippen LogP contribution is 2.30. The first-order valence-electron chi connectivity index (χ1n) is 7.02. The highest BCUT2D eigenvalue weighted by atomic mass is 16.2. The molecule has 0 saturated carbocycles. The van der Waals surface area contributed by atoms with E-state index in [1.807, 2.05) is 6.07 Å². The Kier molecular flexibility index (Phi) is 3.53. The van der Waals surface area contributed by atoms with E-state index in [1.165, 1.54) is 5.56 Å². The quantitative estimate of drug-likeness (QED) is 0.842. The van der Waals surface area contributed by atoms with Gasteiger partial charge in [-0.25, -0.2) is 0 Å². The molecule has 19 heavy (non-hydrogen) atoms. The van der Waals surface area contributed by atoms with Crippen molar-refractivity contribution in [3.05, 3.63) is 35.9 Å². The first kappa shape index (κ1) is 12.6. The summed E-state index contributed by atoms with van der Waals surface area (Å²) in [7, 11) is 2.13. The predicted molar refractivity (Wildman–Crippen MR) is 74.7 cm³/mol. The molecule has 4 heteroatoms. The molecule has 2 atom stereocenters. The number of likely N-dealkylation sites (tertiary alicyclic amines) is 1. The standard InChI is InChI=1S/C15H21N3O/c1-18-8-7-13(17-15(19)12-9-16-10-12)14(18)11-5-3-2-4-6-11/h2-6,12-14,16H,7-10H2,1H3,(H,17,19). The lowest BCUT2D eigenvalue weighted by molar-refractivity contribution is -0.127. The van der Waals surface area contributed by atoms with E-state index in [9.17, 15) is 4.79 Å². The van der Waals surface area contributed by atoms with Crippen molar-refractivity contribution in [1.29, 1.82) is 0 Å². The third-order valence-corrected chi connectivity index (χ3v) is 4.27. The van der Waals surface area contributed by atoms with Gasteiger partial charge < -0.3 is 10.6 Å². The lowest BCUT2D eigenvalue weighted by Gasteiger charge is -2.30. The summed E-state index contributed by atoms with van der Waals surface area (Å²) in [6, 6.07) is 11.0. The van der Waals surface area contributed by atoms with Gasteiger partial charge in [0.2, 0.25) is 5.91 Å². The van der Waals surface area contributed by atoms with E-state index < -0.39 is 0 Å². The summed E-state index contributed by atoms with van der Waals surface area (Å²) in [5.74, 6) is 0.377. The number of nitrogens with zero attached hydrogens (tertiary/aromatic N) is 1. The van der Waals surface area contributed by atoms with E-state index in [0.29, 0.717) is 6.04 Å². The number of carbonyl (C=O) groups excluding carboxylic acids is 1. The summed E-state index contributed by atoms with van der Waals surface area (Å²) in [5.41, 5.74) is 1.29. The molecule has 2 fully saturated rings. The molecule has 0 bridgehead atoms. The van der Waals surface area contributed by atoms with Gasteiger partial charge >= 0.3 is 0 Å². The minimum Gasteiger partial charge on any atom is -0.351 e. The van der Waals surface area contributed by atoms with Crippen molar-refractivity contribution in [3.8, 4) is 0 Å². The molecule has 1 aromatic carbocycles. The van der Waals surface area contributed by atoms with Gasteiger partial charge in [0.15, 0.2) is 0 Å². The fourth-order valence-electron chi connectivity index (χ4n) is 3.01. The topological polar surface area (TPSA) is 44.4 Å². The van der Waals surface area contributed by atoms with Crippen molar-refractivity contribution < 1.29 is 4.79 Å². The second kappa shape index (κ2) is 5.31. The smallest absolute Gasteiger partial charge is 0.225 e. The Morgan fingerprint density at radius 2 is 2.05 bits per heavy atom. The highest BCUT2D eigenvalue weighted by molar-refractivity contribution is 5.80. The van der Waals surface area contributed by atoms with E-state index in [4.69, 9.17) is 0 Å². The van der Waals surface area contributed by atoms with Crippen LogP contribution in [0.4, 0.5) is 0 Å². The van der Waals surface area contributed by atoms with Crippen LogP contribution in [0.25, 0.3) is 0 Å². The maximum absolute atomic E-state index is 12.1. The Balaban J connectivity index is 1.71. The van der Waals surface area contributed by atoms with E-state index in [-0.39, 0.29) is 17.9 Å². The van der Waals surface area contributed by atoms with Crippen LogP contribution in [0.3, 0.4) is 0 Å². The summed E-state index contributed by atoms with van der Waals surface area (Å²) >= 11 is 0. The van der Waals surface area contributed by atoms with Crippen molar-refractivity contribution >= 4 is 5.91 Å². The normalized spacial score (nSPS) is 28.1. The summed E-state index contributed by atoms with van der Waals surface area (Å²) in [4.78, 5) is 14.4. The van der Waals surface area contributed by atoms with Crippen LogP contribution in [0.15, 0.2) is 30.3 Å². The molecule has 2 aliphatic rings. The molecule has 2 saturated heterocycles. The molecule has 1 aromatic rings. The van der Waals surface area contributed by atoms with Gasteiger partial charge in [-0.05, 0) is 19.0 Å². The number of amides is 1. The first-order chi connectivity index (χ1) is 9.25. The molecule has 2 unspecified atom stereocenters. The summed E-state index contributed by atoms with van der Waals surface area (Å²) in [5, 5.41) is 6.39. The summed E-state index contributed by atoms with van der Waals surface area (Å²) < 4.78 is 0. The Morgan fingerprint density at radius 1 is 1.32 bits per heavy atom. The number of likely N-dealkylation sites (N-methyl/N-ethyl adjacent to an activating group) is 1. The molecule has 0 radical (unpaired) electrons. The van der Waals surface area contributed by atoms with Crippen molar-refractivity contribution in [3.63, 3.8) is 0 Å². The van der Waals surface area contributed by atoms with Crippen molar-refractivity contribution in [2.24, 2.45) is 5.92 Å². The SMILES string of the molecule is CN1CCC(NC(=O)C2CNC2)C1c1ccccc1. The fourth-order valence-corrected chi connectivity index (χ4v) is 3.01. The number of carbonyl (C=O) groups is 1. The molecule has 0 aromatic heterocycles. The Hall–Kier alpha value is -1.39. The number of nitrogens with one attached hydrogen (secondary N) is 2. The Labute approximate surface area is 114 Å². The maximum Gasteiger partial charge on any atom is 0.225 e. The number of hydrogen-bond donors (Lipinski definition) is 2. The fraction of sp³-hybridized carbons (Fsp3) is 0.533. The third kappa shape index (κ3) is 2.51. The molecule has 1 amide bonds. The van der Waals surface area contributed by atoms with Gasteiger partial charge in [0.05, 0.1) is 12.0 Å². The number of hydrogen-bond acceptors (Lipinski definition) is 3. The first-order valence-corrected chi connectivity index (χ1v) is 7.02. The van der Waals surface area contributed by atoms with Crippen LogP contribution in [0.2, 0.25) is 0 Å². The van der Waals surface area contributed by atoms with Crippen molar-refractivity contribution in [2.45, 2.75) is 18.5 Å². The lowest BCUT2D eigenvalue weighted by Crippen LogP contribution is -2.53. The molecule has 2 heterocycles. The van der Waals surface area contributed by atoms with Gasteiger partial charge in [0.1, 0.15) is 0 Å². The molecule has 102 valence electrons. The van der Waals surface area contributed by atoms with E-state index in [1.54, 1.807) is 0 Å². The van der Waals surface area contributed by atoms with E-state index in [2.05, 4.69) is 46.8 Å². The zero-order valence-corrected chi connectivity index (χ0v) is 11.3. The van der Waals surface area contributed by atoms with Gasteiger partial charge in [-0.3, -0.25) is 9.69 Å². The minimum absolute atomic E-state index is 0.169. The molecule has 0 spiro atoms. The van der Waals surface area contributed by atoms with Gasteiger partial charge in [-0.1, -0.05) is 30.3 Å². The van der Waals surface area contributed by atoms with Crippen LogP contribution in [-0.2, 0) is 4.79 Å². The van der Waals surface area contributed by atoms with Crippen LogP contribution in [0.5, 0.6) is 0 Å². The zero-order chi connectivity index (χ0) is 13.2. The molecule has 3 rings (SSSR count). The molecule has 4 nitrogen and oxygen atoms in total. The molecule has 2 N–H and O–H groups in total. The van der Waals surface area contributed by atoms with Crippen LogP contribution in [0.1, 0.15) is 18.0 Å². The van der Waals surface area contributed by atoms with Crippen LogP contribution in [-0.4, -0.2) is 43.5 Å². The average Bonchev–Trinajstić information content (AvgIpc) is 2.69. The van der Waals surface area contributed by atoms with Crippen LogP contribution >= 0.6 is 0 Å². The van der Waals surface area contributed by atoms with Crippen LogP contribution in [0, 0.1) is 5.92 Å². The Morgan fingerprint density at radius 3 is 2.68 bits per heavy atom. The minimum atomic E-state index is 0.169. The van der Waals surface area contributed by atoms with Gasteiger partial charge in [-0.15, -0.1) is 0 Å². The zero-order valence-electron chi connectivity index (χ0n) is 11.3. The van der Waals surface area contributed by atoms with Crippen molar-refractivity contribution in [2.75, 3.05) is 26.7 Å². The number of benzene rings is 1. The predicted octanol–water partition coefficient (Wildman–Crippen LogP) is 0.767. The van der Waals surface area contributed by atoms with Gasteiger partial charge in [0.25, 0.3) is 0 Å². The third-order valence-electron chi connectivity index (χ3n) is 4.27. The van der Waals surface area contributed by atoms with Crippen LogP contribution < -0.4 is 10.6 Å². The van der Waals surface area contributed by atoms with Crippen molar-refractivity contribution in [1.82, 2.24) is 15.5 Å². The lowest BCUT2D eigenvalue weighted by atomic mass is 9.97. The molecule has 0 aliphatic carbocycles. The molecular formula is C15H21N3O. The number of rotatable bonds is 3. The second-order valence-corrected chi connectivity index (χ2v) is 5.60. The van der Waals surface area contributed by atoms with Gasteiger partial charge in [-0.2, -0.15) is 0 Å². The van der Waals surface area contributed by atoms with Gasteiger partial charge in [0, 0.05) is 25.7 Å². The maximum atomic E-state index is 12.1. The Bertz CT molecular complexity index is 444.